The van der Waals surface area contributed by atoms with Crippen LogP contribution in [0.3, 0.4) is 0 Å². The van der Waals surface area contributed by atoms with Crippen LogP contribution < -0.4 is 19.6 Å². The summed E-state index contributed by atoms with van der Waals surface area (Å²) in [6.07, 6.45) is 1.56. The van der Waals surface area contributed by atoms with Crippen LogP contribution in [0.25, 0.3) is 10.9 Å². The molecule has 0 spiro atoms. The highest BCUT2D eigenvalue weighted by Gasteiger charge is 2.11. The van der Waals surface area contributed by atoms with Gasteiger partial charge >= 0.3 is 0 Å². The molecule has 2 N–H and O–H groups in total. The standard InChI is InChI=1S/C19H17N3O4/c1-24-14-3-4-15-13(9-14)10-16(21-15)19(23)22-20-11-12-2-5-17-18(8-12)26-7-6-25-17/h2-5,8-11,21H,6-7H2,1H3,(H,22,23). The van der Waals surface area contributed by atoms with Crippen LogP contribution >= 0.6 is 0 Å². The van der Waals surface area contributed by atoms with Crippen molar-refractivity contribution in [3.05, 3.63) is 53.7 Å². The summed E-state index contributed by atoms with van der Waals surface area (Å²) < 4.78 is 16.2. The molecular formula is C19H17N3O4. The van der Waals surface area contributed by atoms with Crippen molar-refractivity contribution >= 4 is 23.0 Å². The molecule has 0 atom stereocenters. The molecule has 0 saturated heterocycles. The number of methoxy groups -OCH3 is 1. The summed E-state index contributed by atoms with van der Waals surface area (Å²) in [5, 5.41) is 4.90. The molecule has 0 bridgehead atoms. The number of ether oxygens (including phenoxy) is 3. The van der Waals surface area contributed by atoms with E-state index in [1.807, 2.05) is 36.4 Å². The second-order valence-corrected chi connectivity index (χ2v) is 5.74. The number of amides is 1. The van der Waals surface area contributed by atoms with Gasteiger partial charge in [-0.05, 0) is 48.0 Å². The summed E-state index contributed by atoms with van der Waals surface area (Å²) in [4.78, 5) is 15.3. The van der Waals surface area contributed by atoms with E-state index in [1.54, 1.807) is 19.4 Å². The van der Waals surface area contributed by atoms with Crippen molar-refractivity contribution in [2.24, 2.45) is 5.10 Å². The first-order valence-corrected chi connectivity index (χ1v) is 8.13. The topological polar surface area (TPSA) is 84.9 Å². The van der Waals surface area contributed by atoms with Gasteiger partial charge in [0, 0.05) is 10.9 Å². The Balaban J connectivity index is 1.45. The van der Waals surface area contributed by atoms with Crippen LogP contribution in [0.2, 0.25) is 0 Å². The van der Waals surface area contributed by atoms with Crippen molar-refractivity contribution in [2.45, 2.75) is 0 Å². The molecule has 0 unspecified atom stereocenters. The van der Waals surface area contributed by atoms with Gasteiger partial charge in [-0.2, -0.15) is 5.10 Å². The van der Waals surface area contributed by atoms with Crippen LogP contribution in [-0.4, -0.2) is 37.4 Å². The van der Waals surface area contributed by atoms with Gasteiger partial charge in [-0.1, -0.05) is 0 Å². The van der Waals surface area contributed by atoms with Crippen LogP contribution in [0.1, 0.15) is 16.1 Å². The van der Waals surface area contributed by atoms with Gasteiger partial charge in [0.2, 0.25) is 0 Å². The van der Waals surface area contributed by atoms with E-state index in [1.165, 1.54) is 0 Å². The highest BCUT2D eigenvalue weighted by atomic mass is 16.6. The zero-order valence-corrected chi connectivity index (χ0v) is 14.1. The highest BCUT2D eigenvalue weighted by Crippen LogP contribution is 2.30. The second kappa shape index (κ2) is 6.79. The van der Waals surface area contributed by atoms with Crippen LogP contribution in [-0.2, 0) is 0 Å². The molecular weight excluding hydrogens is 334 g/mol. The van der Waals surface area contributed by atoms with Gasteiger partial charge in [0.15, 0.2) is 11.5 Å². The van der Waals surface area contributed by atoms with Gasteiger partial charge < -0.3 is 19.2 Å². The van der Waals surface area contributed by atoms with Crippen LogP contribution in [0.5, 0.6) is 17.2 Å². The first-order chi connectivity index (χ1) is 12.7. The Morgan fingerprint density at radius 3 is 2.85 bits per heavy atom. The molecule has 1 aromatic heterocycles. The van der Waals surface area contributed by atoms with Gasteiger partial charge in [-0.25, -0.2) is 5.43 Å². The number of aromatic nitrogens is 1. The summed E-state index contributed by atoms with van der Waals surface area (Å²) >= 11 is 0. The Bertz CT molecular complexity index is 994. The number of rotatable bonds is 4. The van der Waals surface area contributed by atoms with Gasteiger partial charge in [0.25, 0.3) is 5.91 Å². The van der Waals surface area contributed by atoms with Crippen molar-refractivity contribution < 1.29 is 19.0 Å². The van der Waals surface area contributed by atoms with Gasteiger partial charge in [0.1, 0.15) is 24.7 Å². The molecule has 2 aromatic carbocycles. The largest absolute Gasteiger partial charge is 0.497 e. The first-order valence-electron chi connectivity index (χ1n) is 8.13. The first kappa shape index (κ1) is 16.0. The predicted octanol–water partition coefficient (Wildman–Crippen LogP) is 2.71. The Hall–Kier alpha value is -3.48. The maximum Gasteiger partial charge on any atom is 0.287 e. The second-order valence-electron chi connectivity index (χ2n) is 5.74. The molecule has 3 aromatic rings. The van der Waals surface area contributed by atoms with Crippen molar-refractivity contribution in [1.29, 1.82) is 0 Å². The molecule has 1 aliphatic rings. The van der Waals surface area contributed by atoms with Crippen molar-refractivity contribution in [3.8, 4) is 17.2 Å². The Morgan fingerprint density at radius 1 is 1.15 bits per heavy atom. The number of fused-ring (bicyclic) bond motifs is 2. The monoisotopic (exact) mass is 351 g/mol. The minimum Gasteiger partial charge on any atom is -0.497 e. The molecule has 7 nitrogen and oxygen atoms in total. The lowest BCUT2D eigenvalue weighted by Crippen LogP contribution is -2.18. The molecule has 26 heavy (non-hydrogen) atoms. The summed E-state index contributed by atoms with van der Waals surface area (Å²) in [5.74, 6) is 1.80. The SMILES string of the molecule is COc1ccc2[nH]c(C(=O)NN=Cc3ccc4c(c3)OCCO4)cc2c1. The smallest absolute Gasteiger partial charge is 0.287 e. The fourth-order valence-corrected chi connectivity index (χ4v) is 2.73. The van der Waals surface area contributed by atoms with Gasteiger partial charge in [-0.3, -0.25) is 4.79 Å². The van der Waals surface area contributed by atoms with Crippen molar-refractivity contribution in [2.75, 3.05) is 20.3 Å². The molecule has 0 saturated carbocycles. The maximum atomic E-state index is 12.3. The number of carbonyl (C=O) groups excluding carboxylic acids is 1. The third-order valence-electron chi connectivity index (χ3n) is 4.02. The molecule has 0 fully saturated rings. The fourth-order valence-electron chi connectivity index (χ4n) is 2.73. The lowest BCUT2D eigenvalue weighted by atomic mass is 10.2. The zero-order chi connectivity index (χ0) is 17.9. The summed E-state index contributed by atoms with van der Waals surface area (Å²) in [7, 11) is 1.61. The molecule has 132 valence electrons. The molecule has 7 heteroatoms. The van der Waals surface area contributed by atoms with Gasteiger partial charge in [0.05, 0.1) is 13.3 Å². The number of hydrogen-bond donors (Lipinski definition) is 2. The third-order valence-corrected chi connectivity index (χ3v) is 4.02. The summed E-state index contributed by atoms with van der Waals surface area (Å²) in [6, 6.07) is 12.8. The lowest BCUT2D eigenvalue weighted by molar-refractivity contribution is 0.0951. The normalized spacial score (nSPS) is 13.1. The number of benzene rings is 2. The molecule has 2 heterocycles. The average molecular weight is 351 g/mol. The molecule has 1 aliphatic heterocycles. The average Bonchev–Trinajstić information content (AvgIpc) is 3.11. The highest BCUT2D eigenvalue weighted by molar-refractivity contribution is 5.98. The van der Waals surface area contributed by atoms with Gasteiger partial charge in [-0.15, -0.1) is 0 Å². The fraction of sp³-hybridized carbons (Fsp3) is 0.158. The predicted molar refractivity (Wildman–Crippen MR) is 97.3 cm³/mol. The minimum atomic E-state index is -0.325. The molecule has 1 amide bonds. The lowest BCUT2D eigenvalue weighted by Gasteiger charge is -2.18. The van der Waals surface area contributed by atoms with E-state index in [2.05, 4.69) is 15.5 Å². The number of carbonyl (C=O) groups is 1. The van der Waals surface area contributed by atoms with Crippen LogP contribution in [0.4, 0.5) is 0 Å². The number of hydrogen-bond acceptors (Lipinski definition) is 5. The summed E-state index contributed by atoms with van der Waals surface area (Å²) in [6.45, 7) is 1.07. The van der Waals surface area contributed by atoms with Crippen LogP contribution in [0.15, 0.2) is 47.6 Å². The number of H-pyrrole nitrogens is 1. The van der Waals surface area contributed by atoms with E-state index >= 15 is 0 Å². The number of hydrazone groups is 1. The van der Waals surface area contributed by atoms with E-state index in [9.17, 15) is 4.79 Å². The molecule has 4 rings (SSSR count). The number of nitrogens with one attached hydrogen (secondary N) is 2. The van der Waals surface area contributed by atoms with E-state index in [0.717, 1.165) is 22.2 Å². The number of nitrogens with zero attached hydrogens (tertiary/aromatic N) is 1. The minimum absolute atomic E-state index is 0.325. The van der Waals surface area contributed by atoms with E-state index in [4.69, 9.17) is 14.2 Å². The van der Waals surface area contributed by atoms with Crippen molar-refractivity contribution in [1.82, 2.24) is 10.4 Å². The Kier molecular flexibility index (Phi) is 4.18. The maximum absolute atomic E-state index is 12.3. The quantitative estimate of drug-likeness (QED) is 0.559. The van der Waals surface area contributed by atoms with Crippen molar-refractivity contribution in [3.63, 3.8) is 0 Å². The van der Waals surface area contributed by atoms with E-state index in [0.29, 0.717) is 30.4 Å². The zero-order valence-electron chi connectivity index (χ0n) is 14.1. The summed E-state index contributed by atoms with van der Waals surface area (Å²) in [5.41, 5.74) is 4.59. The van der Waals surface area contributed by atoms with Crippen LogP contribution in [0, 0.1) is 0 Å². The number of aromatic amines is 1. The van der Waals surface area contributed by atoms with E-state index < -0.39 is 0 Å². The Labute approximate surface area is 149 Å². The molecule has 0 aliphatic carbocycles. The molecule has 0 radical (unpaired) electrons. The Morgan fingerprint density at radius 2 is 2.00 bits per heavy atom. The van der Waals surface area contributed by atoms with E-state index in [-0.39, 0.29) is 5.91 Å². The third kappa shape index (κ3) is 3.19.